The molecule has 0 aromatic heterocycles. The molecule has 1 heterocycles. The third-order valence-electron chi connectivity index (χ3n) is 5.21. The first-order chi connectivity index (χ1) is 14.2. The van der Waals surface area contributed by atoms with Crippen LogP contribution in [0.2, 0.25) is 0 Å². The Morgan fingerprint density at radius 1 is 1.10 bits per heavy atom. The van der Waals surface area contributed by atoms with Crippen LogP contribution in [0.5, 0.6) is 11.5 Å². The van der Waals surface area contributed by atoms with Crippen molar-refractivity contribution in [3.8, 4) is 11.5 Å². The summed E-state index contributed by atoms with van der Waals surface area (Å²) in [4.78, 5) is 30.7. The third-order valence-corrected chi connectivity index (χ3v) is 5.21. The molecular weight excluding hydrogens is 382 g/mol. The molecule has 0 atom stereocenters. The Morgan fingerprint density at radius 3 is 2.53 bits per heavy atom. The number of carbonyl (C=O) groups is 2. The van der Waals surface area contributed by atoms with E-state index in [-0.39, 0.29) is 28.9 Å². The second-order valence-electron chi connectivity index (χ2n) is 7.79. The lowest BCUT2D eigenvalue weighted by Gasteiger charge is -2.20. The predicted octanol–water partition coefficient (Wildman–Crippen LogP) is 2.64. The predicted molar refractivity (Wildman–Crippen MR) is 116 cm³/mol. The molecule has 2 aromatic carbocycles. The minimum atomic E-state index is -0.322. The molecule has 30 heavy (non-hydrogen) atoms. The van der Waals surface area contributed by atoms with Gasteiger partial charge in [-0.1, -0.05) is 18.2 Å². The molecule has 2 N–H and O–H groups in total. The summed E-state index contributed by atoms with van der Waals surface area (Å²) in [5.41, 5.74) is 3.30. The van der Waals surface area contributed by atoms with E-state index in [1.165, 1.54) is 12.1 Å². The molecule has 0 saturated heterocycles. The van der Waals surface area contributed by atoms with E-state index in [0.29, 0.717) is 25.2 Å². The van der Waals surface area contributed by atoms with Gasteiger partial charge in [0.05, 0.1) is 5.56 Å². The molecular formula is C23H27N3O4. The standard InChI is InChI=1S/C23H27N3O4/c1-15-11-17(21(28)12-20(15)27)23(30)26-13-16-7-5-8-19(18(16)14-26)25(4)22(29)9-6-10-24(2)3/h5-9,11-12,27-28H,10,13-14H2,1-4H3/b9-6+. The van der Waals surface area contributed by atoms with Crippen molar-refractivity contribution in [2.45, 2.75) is 20.0 Å². The van der Waals surface area contributed by atoms with Crippen LogP contribution in [-0.2, 0) is 17.9 Å². The zero-order chi connectivity index (χ0) is 22.0. The maximum Gasteiger partial charge on any atom is 0.258 e. The number of aryl methyl sites for hydroxylation is 1. The van der Waals surface area contributed by atoms with Crippen molar-refractivity contribution in [1.82, 2.24) is 9.80 Å². The van der Waals surface area contributed by atoms with Gasteiger partial charge in [0.15, 0.2) is 0 Å². The van der Waals surface area contributed by atoms with Crippen molar-refractivity contribution in [3.05, 3.63) is 64.7 Å². The average Bonchev–Trinajstić information content (AvgIpc) is 3.13. The Kier molecular flexibility index (Phi) is 6.12. The molecule has 7 nitrogen and oxygen atoms in total. The SMILES string of the molecule is Cc1cc(C(=O)N2Cc3cccc(N(C)C(=O)/C=C/CN(C)C)c3C2)c(O)cc1O. The van der Waals surface area contributed by atoms with Gasteiger partial charge in [-0.05, 0) is 44.3 Å². The van der Waals surface area contributed by atoms with Crippen LogP contribution in [0, 0.1) is 6.92 Å². The van der Waals surface area contributed by atoms with Crippen LogP contribution >= 0.6 is 0 Å². The van der Waals surface area contributed by atoms with Gasteiger partial charge in [0.1, 0.15) is 11.5 Å². The first-order valence-electron chi connectivity index (χ1n) is 9.70. The molecule has 158 valence electrons. The smallest absolute Gasteiger partial charge is 0.258 e. The normalized spacial score (nSPS) is 13.2. The summed E-state index contributed by atoms with van der Waals surface area (Å²) in [6, 6.07) is 8.35. The molecule has 0 fully saturated rings. The number of anilines is 1. The molecule has 0 unspecified atom stereocenters. The summed E-state index contributed by atoms with van der Waals surface area (Å²) >= 11 is 0. The first kappa shape index (κ1) is 21.4. The molecule has 3 rings (SSSR count). The average molecular weight is 409 g/mol. The molecule has 2 amide bonds. The van der Waals surface area contributed by atoms with Gasteiger partial charge in [0.25, 0.3) is 5.91 Å². The maximum atomic E-state index is 13.0. The van der Waals surface area contributed by atoms with E-state index in [0.717, 1.165) is 16.8 Å². The van der Waals surface area contributed by atoms with Crippen LogP contribution in [-0.4, -0.2) is 59.5 Å². The van der Waals surface area contributed by atoms with E-state index >= 15 is 0 Å². The first-order valence-corrected chi connectivity index (χ1v) is 9.70. The maximum absolute atomic E-state index is 13.0. The van der Waals surface area contributed by atoms with Crippen LogP contribution in [0.1, 0.15) is 27.0 Å². The van der Waals surface area contributed by atoms with Gasteiger partial charge in [0.2, 0.25) is 5.91 Å². The van der Waals surface area contributed by atoms with Gasteiger partial charge in [0, 0.05) is 50.1 Å². The second-order valence-corrected chi connectivity index (χ2v) is 7.79. The number of benzene rings is 2. The minimum Gasteiger partial charge on any atom is -0.508 e. The molecule has 0 radical (unpaired) electrons. The van der Waals surface area contributed by atoms with Crippen molar-refractivity contribution < 1.29 is 19.8 Å². The Bertz CT molecular complexity index is 1010. The van der Waals surface area contributed by atoms with Gasteiger partial charge in [-0.25, -0.2) is 0 Å². The summed E-state index contributed by atoms with van der Waals surface area (Å²) < 4.78 is 0. The van der Waals surface area contributed by atoms with Crippen molar-refractivity contribution >= 4 is 17.5 Å². The fourth-order valence-electron chi connectivity index (χ4n) is 3.48. The number of nitrogens with zero attached hydrogens (tertiary/aromatic N) is 3. The fraction of sp³-hybridized carbons (Fsp3) is 0.304. The third kappa shape index (κ3) is 4.31. The van der Waals surface area contributed by atoms with E-state index in [1.807, 2.05) is 43.3 Å². The summed E-state index contributed by atoms with van der Waals surface area (Å²) in [6.45, 7) is 3.07. The number of fused-ring (bicyclic) bond motifs is 1. The van der Waals surface area contributed by atoms with Crippen molar-refractivity contribution in [2.75, 3.05) is 32.6 Å². The molecule has 0 bridgehead atoms. The number of phenolic OH excluding ortho intramolecular Hbond substituents is 2. The number of carbonyl (C=O) groups excluding carboxylic acids is 2. The lowest BCUT2D eigenvalue weighted by atomic mass is 10.1. The van der Waals surface area contributed by atoms with Gasteiger partial charge in [-0.2, -0.15) is 0 Å². The quantitative estimate of drug-likeness (QED) is 0.742. The van der Waals surface area contributed by atoms with Crippen LogP contribution in [0.25, 0.3) is 0 Å². The molecule has 7 heteroatoms. The fourth-order valence-corrected chi connectivity index (χ4v) is 3.48. The van der Waals surface area contributed by atoms with Crippen LogP contribution in [0.15, 0.2) is 42.5 Å². The van der Waals surface area contributed by atoms with Crippen LogP contribution in [0.4, 0.5) is 5.69 Å². The molecule has 0 saturated carbocycles. The zero-order valence-electron chi connectivity index (χ0n) is 17.7. The number of phenols is 2. The Labute approximate surface area is 176 Å². The van der Waals surface area contributed by atoms with Gasteiger partial charge < -0.3 is 24.9 Å². The summed E-state index contributed by atoms with van der Waals surface area (Å²) in [5, 5.41) is 19.9. The molecule has 0 aliphatic carbocycles. The van der Waals surface area contributed by atoms with Gasteiger partial charge >= 0.3 is 0 Å². The van der Waals surface area contributed by atoms with E-state index < -0.39 is 0 Å². The highest BCUT2D eigenvalue weighted by Gasteiger charge is 2.29. The summed E-state index contributed by atoms with van der Waals surface area (Å²) in [6.07, 6.45) is 3.36. The zero-order valence-corrected chi connectivity index (χ0v) is 17.7. The molecule has 0 spiro atoms. The van der Waals surface area contributed by atoms with Crippen molar-refractivity contribution in [1.29, 1.82) is 0 Å². The Hall–Kier alpha value is -3.32. The van der Waals surface area contributed by atoms with E-state index in [4.69, 9.17) is 0 Å². The Balaban J connectivity index is 1.82. The minimum absolute atomic E-state index is 0.0569. The summed E-state index contributed by atoms with van der Waals surface area (Å²) in [5.74, 6) is -0.768. The van der Waals surface area contributed by atoms with Crippen LogP contribution in [0.3, 0.4) is 0 Å². The lowest BCUT2D eigenvalue weighted by molar-refractivity contribution is -0.113. The Morgan fingerprint density at radius 2 is 1.83 bits per heavy atom. The second kappa shape index (κ2) is 8.59. The number of likely N-dealkylation sites (N-methyl/N-ethyl adjacent to an activating group) is 2. The number of hydrogen-bond donors (Lipinski definition) is 2. The highest BCUT2D eigenvalue weighted by atomic mass is 16.3. The van der Waals surface area contributed by atoms with Crippen molar-refractivity contribution in [2.24, 2.45) is 0 Å². The van der Waals surface area contributed by atoms with Gasteiger partial charge in [-0.15, -0.1) is 0 Å². The molecule has 1 aliphatic rings. The van der Waals surface area contributed by atoms with Gasteiger partial charge in [-0.3, -0.25) is 9.59 Å². The van der Waals surface area contributed by atoms with E-state index in [2.05, 4.69) is 0 Å². The van der Waals surface area contributed by atoms with Crippen molar-refractivity contribution in [3.63, 3.8) is 0 Å². The number of amides is 2. The number of hydrogen-bond acceptors (Lipinski definition) is 5. The van der Waals surface area contributed by atoms with E-state index in [9.17, 15) is 19.8 Å². The largest absolute Gasteiger partial charge is 0.508 e. The molecule has 1 aliphatic heterocycles. The monoisotopic (exact) mass is 409 g/mol. The van der Waals surface area contributed by atoms with E-state index in [1.54, 1.807) is 29.8 Å². The lowest BCUT2D eigenvalue weighted by Crippen LogP contribution is -2.27. The highest BCUT2D eigenvalue weighted by molar-refractivity contribution is 6.02. The highest BCUT2D eigenvalue weighted by Crippen LogP contribution is 2.34. The number of aromatic hydroxyl groups is 2. The topological polar surface area (TPSA) is 84.3 Å². The van der Waals surface area contributed by atoms with Crippen LogP contribution < -0.4 is 4.90 Å². The molecule has 2 aromatic rings. The number of rotatable bonds is 5. The summed E-state index contributed by atoms with van der Waals surface area (Å²) in [7, 11) is 5.58.